The standard InChI is InChI=1S/C9H18N2O2S/c1-6(11-14(10,12)13)9-5-7-2-3-8(9)4-7/h6-9,11H,2-5H2,1H3,(H2,10,12,13). The predicted octanol–water partition coefficient (Wildman–Crippen LogP) is 0.604. The molecule has 0 amide bonds. The highest BCUT2D eigenvalue weighted by atomic mass is 32.2. The summed E-state index contributed by atoms with van der Waals surface area (Å²) in [6, 6.07) is 0.000278. The van der Waals surface area contributed by atoms with Crippen LogP contribution >= 0.6 is 0 Å². The molecule has 0 radical (unpaired) electrons. The molecule has 2 fully saturated rings. The fraction of sp³-hybridized carbons (Fsp3) is 1.00. The van der Waals surface area contributed by atoms with Crippen molar-refractivity contribution in [3.8, 4) is 0 Å². The zero-order valence-corrected chi connectivity index (χ0v) is 9.26. The number of hydrogen-bond donors (Lipinski definition) is 2. The number of hydrogen-bond acceptors (Lipinski definition) is 2. The third-order valence-corrected chi connectivity index (χ3v) is 4.49. The molecule has 2 saturated carbocycles. The minimum absolute atomic E-state index is 0.000278. The van der Waals surface area contributed by atoms with Gasteiger partial charge in [0.1, 0.15) is 0 Å². The molecule has 2 rings (SSSR count). The maximum absolute atomic E-state index is 10.9. The molecule has 82 valence electrons. The second-order valence-corrected chi connectivity index (χ2v) is 6.12. The fourth-order valence-electron chi connectivity index (χ4n) is 3.25. The lowest BCUT2D eigenvalue weighted by atomic mass is 9.84. The molecule has 0 heterocycles. The summed E-state index contributed by atoms with van der Waals surface area (Å²) < 4.78 is 24.2. The Morgan fingerprint density at radius 3 is 2.50 bits per heavy atom. The monoisotopic (exact) mass is 218 g/mol. The van der Waals surface area contributed by atoms with Gasteiger partial charge in [0, 0.05) is 6.04 Å². The number of nitrogens with two attached hydrogens (primary N) is 1. The van der Waals surface area contributed by atoms with Crippen LogP contribution in [0.4, 0.5) is 0 Å². The molecule has 0 spiro atoms. The molecule has 0 saturated heterocycles. The highest BCUT2D eigenvalue weighted by Gasteiger charge is 2.42. The van der Waals surface area contributed by atoms with Crippen LogP contribution in [0.1, 0.15) is 32.6 Å². The van der Waals surface area contributed by atoms with E-state index >= 15 is 0 Å². The van der Waals surface area contributed by atoms with Crippen LogP contribution in [-0.2, 0) is 10.2 Å². The van der Waals surface area contributed by atoms with E-state index in [0.717, 1.165) is 11.8 Å². The molecule has 2 aliphatic carbocycles. The fourth-order valence-corrected chi connectivity index (χ4v) is 3.95. The van der Waals surface area contributed by atoms with Crippen LogP contribution in [0.3, 0.4) is 0 Å². The maximum Gasteiger partial charge on any atom is 0.274 e. The minimum Gasteiger partial charge on any atom is -0.216 e. The summed E-state index contributed by atoms with van der Waals surface area (Å²) in [6.07, 6.45) is 5.07. The first-order chi connectivity index (χ1) is 6.46. The maximum atomic E-state index is 10.9. The van der Waals surface area contributed by atoms with Gasteiger partial charge in [-0.05, 0) is 43.9 Å². The van der Waals surface area contributed by atoms with Crippen molar-refractivity contribution in [1.29, 1.82) is 0 Å². The van der Waals surface area contributed by atoms with Crippen molar-refractivity contribution in [3.05, 3.63) is 0 Å². The van der Waals surface area contributed by atoms with Crippen LogP contribution in [0, 0.1) is 17.8 Å². The van der Waals surface area contributed by atoms with E-state index in [4.69, 9.17) is 5.14 Å². The van der Waals surface area contributed by atoms with E-state index in [1.807, 2.05) is 6.92 Å². The van der Waals surface area contributed by atoms with Crippen molar-refractivity contribution in [3.63, 3.8) is 0 Å². The first-order valence-corrected chi connectivity index (χ1v) is 6.80. The molecule has 14 heavy (non-hydrogen) atoms. The van der Waals surface area contributed by atoms with Gasteiger partial charge in [0.05, 0.1) is 0 Å². The second-order valence-electron chi connectivity index (χ2n) is 4.79. The molecule has 0 aromatic heterocycles. The zero-order valence-electron chi connectivity index (χ0n) is 8.44. The topological polar surface area (TPSA) is 72.2 Å². The Labute approximate surface area is 85.4 Å². The molecular formula is C9H18N2O2S. The van der Waals surface area contributed by atoms with E-state index in [1.165, 1.54) is 25.7 Å². The van der Waals surface area contributed by atoms with E-state index in [0.29, 0.717) is 5.92 Å². The molecule has 2 aliphatic rings. The summed E-state index contributed by atoms with van der Waals surface area (Å²) in [7, 11) is -3.53. The van der Waals surface area contributed by atoms with Crippen molar-refractivity contribution < 1.29 is 8.42 Å². The van der Waals surface area contributed by atoms with Crippen molar-refractivity contribution in [2.24, 2.45) is 22.9 Å². The van der Waals surface area contributed by atoms with E-state index in [1.54, 1.807) is 0 Å². The van der Waals surface area contributed by atoms with Gasteiger partial charge in [0.2, 0.25) is 0 Å². The van der Waals surface area contributed by atoms with E-state index < -0.39 is 10.2 Å². The van der Waals surface area contributed by atoms with Crippen molar-refractivity contribution in [2.75, 3.05) is 0 Å². The Morgan fingerprint density at radius 2 is 2.07 bits per heavy atom. The highest BCUT2D eigenvalue weighted by Crippen LogP contribution is 2.49. The minimum atomic E-state index is -3.53. The van der Waals surface area contributed by atoms with Gasteiger partial charge in [-0.1, -0.05) is 6.42 Å². The second kappa shape index (κ2) is 3.47. The Hall–Kier alpha value is -0.130. The summed E-state index contributed by atoms with van der Waals surface area (Å²) in [5.74, 6) is 2.08. The molecule has 4 unspecified atom stereocenters. The van der Waals surface area contributed by atoms with Gasteiger partial charge < -0.3 is 0 Å². The molecule has 0 aromatic rings. The van der Waals surface area contributed by atoms with Crippen LogP contribution in [0.15, 0.2) is 0 Å². The van der Waals surface area contributed by atoms with Crippen LogP contribution in [0.5, 0.6) is 0 Å². The highest BCUT2D eigenvalue weighted by molar-refractivity contribution is 7.87. The molecular weight excluding hydrogens is 200 g/mol. The van der Waals surface area contributed by atoms with E-state index in [9.17, 15) is 8.42 Å². The number of nitrogens with one attached hydrogen (secondary N) is 1. The number of fused-ring (bicyclic) bond motifs is 2. The van der Waals surface area contributed by atoms with Crippen molar-refractivity contribution in [1.82, 2.24) is 4.72 Å². The lowest BCUT2D eigenvalue weighted by Gasteiger charge is -2.27. The first-order valence-electron chi connectivity index (χ1n) is 5.26. The molecule has 4 atom stereocenters. The Bertz CT molecular complexity index is 315. The summed E-state index contributed by atoms with van der Waals surface area (Å²) in [5, 5.41) is 4.96. The summed E-state index contributed by atoms with van der Waals surface area (Å²) in [6.45, 7) is 1.93. The largest absolute Gasteiger partial charge is 0.274 e. The third kappa shape index (κ3) is 2.10. The predicted molar refractivity (Wildman–Crippen MR) is 54.6 cm³/mol. The van der Waals surface area contributed by atoms with Crippen LogP contribution in [0.25, 0.3) is 0 Å². The Kier molecular flexibility index (Phi) is 2.57. The third-order valence-electron chi connectivity index (χ3n) is 3.79. The first kappa shape index (κ1) is 10.4. The molecule has 4 nitrogen and oxygen atoms in total. The smallest absolute Gasteiger partial charge is 0.216 e. The van der Waals surface area contributed by atoms with E-state index in [-0.39, 0.29) is 6.04 Å². The van der Waals surface area contributed by atoms with E-state index in [2.05, 4.69) is 4.72 Å². The van der Waals surface area contributed by atoms with Crippen molar-refractivity contribution in [2.45, 2.75) is 38.6 Å². The quantitative estimate of drug-likeness (QED) is 0.728. The lowest BCUT2D eigenvalue weighted by molar-refractivity contribution is 0.280. The summed E-state index contributed by atoms with van der Waals surface area (Å²) in [5.41, 5.74) is 0. The molecule has 0 aliphatic heterocycles. The van der Waals surface area contributed by atoms with Crippen molar-refractivity contribution >= 4 is 10.2 Å². The SMILES string of the molecule is CC(NS(N)(=O)=O)C1CC2CCC1C2. The average molecular weight is 218 g/mol. The van der Waals surface area contributed by atoms with Crippen LogP contribution in [-0.4, -0.2) is 14.5 Å². The molecule has 5 heteroatoms. The van der Waals surface area contributed by atoms with Crippen LogP contribution in [0.2, 0.25) is 0 Å². The number of rotatable bonds is 3. The van der Waals surface area contributed by atoms with Gasteiger partial charge in [-0.3, -0.25) is 0 Å². The average Bonchev–Trinajstić information content (AvgIpc) is 2.59. The Balaban J connectivity index is 1.96. The summed E-state index contributed by atoms with van der Waals surface area (Å²) in [4.78, 5) is 0. The molecule has 3 N–H and O–H groups in total. The normalized spacial score (nSPS) is 38.9. The van der Waals surface area contributed by atoms with Gasteiger partial charge >= 0.3 is 0 Å². The van der Waals surface area contributed by atoms with Gasteiger partial charge in [0.25, 0.3) is 10.2 Å². The van der Waals surface area contributed by atoms with Gasteiger partial charge in [0.15, 0.2) is 0 Å². The van der Waals surface area contributed by atoms with Gasteiger partial charge in [-0.2, -0.15) is 13.1 Å². The van der Waals surface area contributed by atoms with Gasteiger partial charge in [-0.15, -0.1) is 0 Å². The molecule has 0 aromatic carbocycles. The Morgan fingerprint density at radius 1 is 1.36 bits per heavy atom. The molecule has 2 bridgehead atoms. The summed E-state index contributed by atoms with van der Waals surface area (Å²) >= 11 is 0. The zero-order chi connectivity index (χ0) is 10.3. The van der Waals surface area contributed by atoms with Gasteiger partial charge in [-0.25, -0.2) is 5.14 Å². The lowest BCUT2D eigenvalue weighted by Crippen LogP contribution is -2.43. The van der Waals surface area contributed by atoms with Crippen LogP contribution < -0.4 is 9.86 Å².